The van der Waals surface area contributed by atoms with Crippen LogP contribution in [-0.2, 0) is 0 Å². The molecule has 0 aromatic heterocycles. The zero-order valence-corrected chi connectivity index (χ0v) is 6.89. The molecule has 0 heterocycles. The fourth-order valence-corrected chi connectivity index (χ4v) is 0.645. The Kier molecular flexibility index (Phi) is 4.36. The van der Waals surface area contributed by atoms with Crippen LogP contribution in [0.5, 0.6) is 0 Å². The van der Waals surface area contributed by atoms with E-state index >= 15 is 0 Å². The van der Waals surface area contributed by atoms with Gasteiger partial charge in [0.1, 0.15) is 0 Å². The molecule has 36 valence electrons. The minimum absolute atomic E-state index is 0.229. The van der Waals surface area contributed by atoms with E-state index in [9.17, 15) is 0 Å². The van der Waals surface area contributed by atoms with Gasteiger partial charge in [0.25, 0.3) is 0 Å². The predicted molar refractivity (Wildman–Crippen MR) is 27.0 cm³/mol. The molecule has 2 nitrogen and oxygen atoms in total. The molecule has 0 bridgehead atoms. The van der Waals surface area contributed by atoms with E-state index in [0.29, 0.717) is 6.54 Å². The van der Waals surface area contributed by atoms with Gasteiger partial charge >= 0.3 is 50.5 Å². The van der Waals surface area contributed by atoms with Crippen molar-refractivity contribution in [3.05, 3.63) is 0 Å². The molecule has 0 fully saturated rings. The molecule has 0 amide bonds. The van der Waals surface area contributed by atoms with E-state index in [1.54, 1.807) is 0 Å². The summed E-state index contributed by atoms with van der Waals surface area (Å²) in [5.74, 6) is 0. The maximum atomic E-state index is 8.57. The van der Waals surface area contributed by atoms with E-state index in [4.69, 9.17) is 10.8 Å². The first-order valence-corrected chi connectivity index (χ1v) is 4.22. The first-order valence-electron chi connectivity index (χ1n) is 1.89. The summed E-state index contributed by atoms with van der Waals surface area (Å²) in [6.45, 7) is 0.418. The second-order valence-corrected chi connectivity index (χ2v) is 2.47. The van der Waals surface area contributed by atoms with Crippen LogP contribution in [0.2, 0.25) is 4.44 Å². The second-order valence-electron chi connectivity index (χ2n) is 1.13. The summed E-state index contributed by atoms with van der Waals surface area (Å²) in [5.41, 5.74) is 5.05. The number of hydrogen-bond acceptors (Lipinski definition) is 2. The zero-order chi connectivity index (χ0) is 4.99. The first-order chi connectivity index (χ1) is 2.81. The van der Waals surface area contributed by atoms with Crippen LogP contribution >= 0.6 is 0 Å². The van der Waals surface area contributed by atoms with Crippen LogP contribution in [-0.4, -0.2) is 40.3 Å². The van der Waals surface area contributed by atoms with Gasteiger partial charge in [0, 0.05) is 0 Å². The van der Waals surface area contributed by atoms with Crippen molar-refractivity contribution in [3.63, 3.8) is 0 Å². The van der Waals surface area contributed by atoms with Crippen molar-refractivity contribution in [2.75, 3.05) is 6.54 Å². The quantitative estimate of drug-likeness (QED) is 0.532. The molecule has 0 spiro atoms. The predicted octanol–water partition coefficient (Wildman–Crippen LogP) is -1.37. The SMILES string of the molecule is NCC(O)[CH2][SnH]. The summed E-state index contributed by atoms with van der Waals surface area (Å²) in [4.78, 5) is 0. The van der Waals surface area contributed by atoms with Crippen molar-refractivity contribution in [2.45, 2.75) is 10.5 Å². The third-order valence-electron chi connectivity index (χ3n) is 0.544. The van der Waals surface area contributed by atoms with Gasteiger partial charge in [0.2, 0.25) is 0 Å². The molecule has 0 rings (SSSR count). The summed E-state index contributed by atoms with van der Waals surface area (Å²) < 4.78 is 0.890. The van der Waals surface area contributed by atoms with Gasteiger partial charge in [0.15, 0.2) is 0 Å². The van der Waals surface area contributed by atoms with Crippen LogP contribution in [0.15, 0.2) is 0 Å². The summed E-state index contributed by atoms with van der Waals surface area (Å²) in [5, 5.41) is 8.57. The Balaban J connectivity index is 2.75. The fraction of sp³-hybridized carbons (Fsp3) is 1.00. The maximum absolute atomic E-state index is 8.57. The standard InChI is InChI=1S/C3H8NO.Sn.H/c1-3(5)2-4;;/h3,5H,1-2,4H2;;. The van der Waals surface area contributed by atoms with Crippen molar-refractivity contribution >= 4 is 22.5 Å². The molecule has 6 heavy (non-hydrogen) atoms. The average Bonchev–Trinajstić information content (AvgIpc) is 1.65. The molecule has 3 heteroatoms. The molecular weight excluding hydrogens is 185 g/mol. The third kappa shape index (κ3) is 2.93. The Labute approximate surface area is 50.8 Å². The fourth-order valence-electron chi connectivity index (χ4n) is 0.0962. The van der Waals surface area contributed by atoms with Crippen molar-refractivity contribution in [3.8, 4) is 0 Å². The van der Waals surface area contributed by atoms with E-state index in [1.807, 2.05) is 0 Å². The molecule has 0 aliphatic heterocycles. The number of aliphatic hydroxyl groups excluding tert-OH is 1. The Hall–Kier alpha value is 0.719. The molecule has 1 unspecified atom stereocenters. The van der Waals surface area contributed by atoms with Crippen LogP contribution in [0.25, 0.3) is 0 Å². The van der Waals surface area contributed by atoms with Crippen molar-refractivity contribution < 1.29 is 5.11 Å². The van der Waals surface area contributed by atoms with Gasteiger partial charge in [0.05, 0.1) is 0 Å². The Morgan fingerprint density at radius 1 is 1.83 bits per heavy atom. The van der Waals surface area contributed by atoms with Crippen LogP contribution in [0, 0.1) is 0 Å². The summed E-state index contributed by atoms with van der Waals surface area (Å²) in [7, 11) is 0. The normalized spacial score (nSPS) is 14.5. The van der Waals surface area contributed by atoms with Crippen LogP contribution < -0.4 is 5.73 Å². The molecule has 0 saturated heterocycles. The number of hydrogen-bond donors (Lipinski definition) is 2. The summed E-state index contributed by atoms with van der Waals surface area (Å²) >= 11 is 1.11. The Morgan fingerprint density at radius 2 is 2.33 bits per heavy atom. The van der Waals surface area contributed by atoms with Gasteiger partial charge in [-0.05, 0) is 0 Å². The van der Waals surface area contributed by atoms with Crippen molar-refractivity contribution in [1.82, 2.24) is 0 Å². The van der Waals surface area contributed by atoms with Gasteiger partial charge in [-0.1, -0.05) is 0 Å². The molecular formula is C3H9NOSn. The molecule has 0 aromatic carbocycles. The van der Waals surface area contributed by atoms with E-state index in [2.05, 4.69) is 0 Å². The van der Waals surface area contributed by atoms with Gasteiger partial charge in [-0.3, -0.25) is 0 Å². The summed E-state index contributed by atoms with van der Waals surface area (Å²) in [6, 6.07) is 0. The number of nitrogens with two attached hydrogens (primary N) is 1. The van der Waals surface area contributed by atoms with Crippen LogP contribution in [0.4, 0.5) is 0 Å². The van der Waals surface area contributed by atoms with E-state index in [0.717, 1.165) is 27.0 Å². The molecule has 0 saturated carbocycles. The molecule has 0 aliphatic carbocycles. The first kappa shape index (κ1) is 6.72. The molecule has 1 atom stereocenters. The molecule has 0 aromatic rings. The average molecular weight is 194 g/mol. The van der Waals surface area contributed by atoms with Crippen molar-refractivity contribution in [2.24, 2.45) is 5.73 Å². The van der Waals surface area contributed by atoms with Crippen LogP contribution in [0.3, 0.4) is 0 Å². The van der Waals surface area contributed by atoms with E-state index in [-0.39, 0.29) is 6.10 Å². The Morgan fingerprint density at radius 3 is 2.33 bits per heavy atom. The van der Waals surface area contributed by atoms with E-state index < -0.39 is 0 Å². The zero-order valence-electron chi connectivity index (χ0n) is 3.59. The molecule has 3 N–H and O–H groups in total. The van der Waals surface area contributed by atoms with Crippen molar-refractivity contribution in [1.29, 1.82) is 0 Å². The molecule has 0 aliphatic rings. The van der Waals surface area contributed by atoms with Crippen LogP contribution in [0.1, 0.15) is 0 Å². The third-order valence-corrected chi connectivity index (χ3v) is 2.10. The van der Waals surface area contributed by atoms with Gasteiger partial charge in [-0.15, -0.1) is 0 Å². The number of rotatable bonds is 2. The number of aliphatic hydroxyl groups is 1. The minimum atomic E-state index is -0.229. The van der Waals surface area contributed by atoms with Gasteiger partial charge in [-0.25, -0.2) is 0 Å². The van der Waals surface area contributed by atoms with E-state index in [1.165, 1.54) is 0 Å². The topological polar surface area (TPSA) is 46.2 Å². The van der Waals surface area contributed by atoms with Gasteiger partial charge < -0.3 is 0 Å². The monoisotopic (exact) mass is 195 g/mol. The molecule has 2 radical (unpaired) electrons. The summed E-state index contributed by atoms with van der Waals surface area (Å²) in [6.07, 6.45) is -0.229. The second kappa shape index (κ2) is 3.89. The van der Waals surface area contributed by atoms with Gasteiger partial charge in [-0.2, -0.15) is 0 Å². The Bertz CT molecular complexity index is 30.0.